The molecule has 2 unspecified atom stereocenters. The highest BCUT2D eigenvalue weighted by atomic mass is 35.5. The van der Waals surface area contributed by atoms with Crippen molar-refractivity contribution in [2.45, 2.75) is 44.8 Å². The number of likely N-dealkylation sites (tertiary alicyclic amines) is 1. The van der Waals surface area contributed by atoms with Gasteiger partial charge in [-0.25, -0.2) is 4.79 Å². The van der Waals surface area contributed by atoms with Crippen LogP contribution in [0.4, 0.5) is 0 Å². The third kappa shape index (κ3) is 4.66. The standard InChI is InChI=1S/C15H23N3O2.ClH/c1-11(16)14-5-3-4-8-18(14)10-13-7-6-12(9-17-13)15(19)20-2;/h6-7,9,11,14H,3-5,8,10,16H2,1-2H3;1H. The van der Waals surface area contributed by atoms with Gasteiger partial charge in [0, 0.05) is 24.8 Å². The van der Waals surface area contributed by atoms with Gasteiger partial charge < -0.3 is 10.5 Å². The molecule has 1 saturated heterocycles. The van der Waals surface area contributed by atoms with E-state index >= 15 is 0 Å². The Morgan fingerprint density at radius 1 is 1.52 bits per heavy atom. The first-order valence-corrected chi connectivity index (χ1v) is 7.14. The molecule has 6 heteroatoms. The largest absolute Gasteiger partial charge is 0.465 e. The van der Waals surface area contributed by atoms with Gasteiger partial charge in [-0.15, -0.1) is 12.4 Å². The molecule has 0 aromatic carbocycles. The maximum atomic E-state index is 11.4. The number of piperidine rings is 1. The second-order valence-electron chi connectivity index (χ2n) is 5.42. The average molecular weight is 314 g/mol. The van der Waals surface area contributed by atoms with Crippen LogP contribution in [0.25, 0.3) is 0 Å². The molecule has 21 heavy (non-hydrogen) atoms. The van der Waals surface area contributed by atoms with Crippen molar-refractivity contribution in [3.05, 3.63) is 29.6 Å². The van der Waals surface area contributed by atoms with E-state index in [0.29, 0.717) is 11.6 Å². The zero-order chi connectivity index (χ0) is 14.5. The predicted octanol–water partition coefficient (Wildman–Crippen LogP) is 1.99. The highest BCUT2D eigenvalue weighted by Gasteiger charge is 2.25. The lowest BCUT2D eigenvalue weighted by Crippen LogP contribution is -2.48. The molecule has 2 atom stereocenters. The van der Waals surface area contributed by atoms with Gasteiger partial charge in [0.2, 0.25) is 0 Å². The van der Waals surface area contributed by atoms with Gasteiger partial charge in [0.05, 0.1) is 18.4 Å². The quantitative estimate of drug-likeness (QED) is 0.861. The molecule has 0 spiro atoms. The normalized spacial score (nSPS) is 20.4. The number of carbonyl (C=O) groups excluding carboxylic acids is 1. The first-order chi connectivity index (χ1) is 9.61. The minimum Gasteiger partial charge on any atom is -0.465 e. The number of hydrogen-bond donors (Lipinski definition) is 1. The van der Waals surface area contributed by atoms with Gasteiger partial charge in [-0.05, 0) is 38.4 Å². The highest BCUT2D eigenvalue weighted by Crippen LogP contribution is 2.20. The molecule has 0 radical (unpaired) electrons. The minimum absolute atomic E-state index is 0. The Kier molecular flexibility index (Phi) is 7.08. The predicted molar refractivity (Wildman–Crippen MR) is 84.5 cm³/mol. The summed E-state index contributed by atoms with van der Waals surface area (Å²) in [6, 6.07) is 4.24. The van der Waals surface area contributed by atoms with Gasteiger partial charge in [0.1, 0.15) is 0 Å². The molecular weight excluding hydrogens is 290 g/mol. The van der Waals surface area contributed by atoms with Crippen LogP contribution in [0.3, 0.4) is 0 Å². The van der Waals surface area contributed by atoms with Crippen molar-refractivity contribution in [3.63, 3.8) is 0 Å². The summed E-state index contributed by atoms with van der Waals surface area (Å²) < 4.78 is 4.67. The maximum Gasteiger partial charge on any atom is 0.339 e. The number of hydrogen-bond acceptors (Lipinski definition) is 5. The molecule has 0 amide bonds. The van der Waals surface area contributed by atoms with Crippen molar-refractivity contribution in [2.24, 2.45) is 5.73 Å². The van der Waals surface area contributed by atoms with Gasteiger partial charge in [0.15, 0.2) is 0 Å². The van der Waals surface area contributed by atoms with Crippen LogP contribution < -0.4 is 5.73 Å². The summed E-state index contributed by atoms with van der Waals surface area (Å²) >= 11 is 0. The monoisotopic (exact) mass is 313 g/mol. The summed E-state index contributed by atoms with van der Waals surface area (Å²) in [5.74, 6) is -0.351. The molecule has 118 valence electrons. The van der Waals surface area contributed by atoms with Crippen molar-refractivity contribution in [1.29, 1.82) is 0 Å². The molecular formula is C15H24ClN3O2. The Balaban J connectivity index is 0.00000220. The molecule has 2 heterocycles. The van der Waals surface area contributed by atoms with Crippen molar-refractivity contribution >= 4 is 18.4 Å². The molecule has 0 aliphatic carbocycles. The van der Waals surface area contributed by atoms with Crippen LogP contribution in [0.5, 0.6) is 0 Å². The van der Waals surface area contributed by atoms with Gasteiger partial charge in [-0.3, -0.25) is 9.88 Å². The SMILES string of the molecule is COC(=O)c1ccc(CN2CCCCC2C(C)N)nc1.Cl. The second-order valence-corrected chi connectivity index (χ2v) is 5.42. The van der Waals surface area contributed by atoms with Crippen molar-refractivity contribution in [2.75, 3.05) is 13.7 Å². The fourth-order valence-electron chi connectivity index (χ4n) is 2.77. The van der Waals surface area contributed by atoms with Crippen molar-refractivity contribution < 1.29 is 9.53 Å². The lowest BCUT2D eigenvalue weighted by atomic mass is 9.97. The highest BCUT2D eigenvalue weighted by molar-refractivity contribution is 5.88. The molecule has 2 N–H and O–H groups in total. The third-order valence-corrected chi connectivity index (χ3v) is 3.88. The number of rotatable bonds is 4. The number of halogens is 1. The van der Waals surface area contributed by atoms with E-state index < -0.39 is 0 Å². The zero-order valence-corrected chi connectivity index (χ0v) is 13.4. The van der Waals surface area contributed by atoms with Crippen LogP contribution in [0.2, 0.25) is 0 Å². The number of nitrogens with two attached hydrogens (primary N) is 1. The number of nitrogens with zero attached hydrogens (tertiary/aromatic N) is 2. The molecule has 1 aliphatic heterocycles. The summed E-state index contributed by atoms with van der Waals surface area (Å²) in [5, 5.41) is 0. The molecule has 1 fully saturated rings. The molecule has 0 bridgehead atoms. The zero-order valence-electron chi connectivity index (χ0n) is 12.6. The Morgan fingerprint density at radius 2 is 2.29 bits per heavy atom. The summed E-state index contributed by atoms with van der Waals surface area (Å²) in [5.41, 5.74) is 7.52. The van der Waals surface area contributed by atoms with E-state index in [9.17, 15) is 4.79 Å². The van der Waals surface area contributed by atoms with Gasteiger partial charge in [0.25, 0.3) is 0 Å². The number of carbonyl (C=O) groups is 1. The van der Waals surface area contributed by atoms with Crippen LogP contribution in [-0.2, 0) is 11.3 Å². The number of methoxy groups -OCH3 is 1. The Hall–Kier alpha value is -1.17. The molecule has 2 rings (SSSR count). The smallest absolute Gasteiger partial charge is 0.339 e. The Labute approximate surface area is 132 Å². The van der Waals surface area contributed by atoms with Crippen LogP contribution in [0.1, 0.15) is 42.2 Å². The van der Waals surface area contributed by atoms with E-state index in [0.717, 1.165) is 25.2 Å². The molecule has 0 saturated carbocycles. The maximum absolute atomic E-state index is 11.4. The number of ether oxygens (including phenoxy) is 1. The summed E-state index contributed by atoms with van der Waals surface area (Å²) in [4.78, 5) is 18.1. The Bertz CT molecular complexity index is 451. The lowest BCUT2D eigenvalue weighted by Gasteiger charge is -2.37. The molecule has 5 nitrogen and oxygen atoms in total. The van der Waals surface area contributed by atoms with Crippen molar-refractivity contribution in [1.82, 2.24) is 9.88 Å². The third-order valence-electron chi connectivity index (χ3n) is 3.88. The number of esters is 1. The molecule has 1 aromatic heterocycles. The average Bonchev–Trinajstić information content (AvgIpc) is 2.47. The number of pyridine rings is 1. The first-order valence-electron chi connectivity index (χ1n) is 7.14. The van der Waals surface area contributed by atoms with Gasteiger partial charge in [-0.2, -0.15) is 0 Å². The van der Waals surface area contributed by atoms with E-state index in [2.05, 4.69) is 21.5 Å². The lowest BCUT2D eigenvalue weighted by molar-refractivity contribution is 0.0600. The topological polar surface area (TPSA) is 68.5 Å². The minimum atomic E-state index is -0.351. The van der Waals surface area contributed by atoms with Crippen LogP contribution in [-0.4, -0.2) is 41.6 Å². The Morgan fingerprint density at radius 3 is 2.86 bits per heavy atom. The van der Waals surface area contributed by atoms with Crippen LogP contribution >= 0.6 is 12.4 Å². The fourth-order valence-corrected chi connectivity index (χ4v) is 2.77. The second kappa shape index (κ2) is 8.32. The van der Waals surface area contributed by atoms with E-state index in [4.69, 9.17) is 5.73 Å². The van der Waals surface area contributed by atoms with E-state index in [-0.39, 0.29) is 24.4 Å². The van der Waals surface area contributed by atoms with E-state index in [1.807, 2.05) is 6.07 Å². The van der Waals surface area contributed by atoms with E-state index in [1.54, 1.807) is 12.3 Å². The van der Waals surface area contributed by atoms with Crippen LogP contribution in [0.15, 0.2) is 18.3 Å². The van der Waals surface area contributed by atoms with Gasteiger partial charge in [-0.1, -0.05) is 6.42 Å². The van der Waals surface area contributed by atoms with Gasteiger partial charge >= 0.3 is 5.97 Å². The van der Waals surface area contributed by atoms with Crippen LogP contribution in [0, 0.1) is 0 Å². The molecule has 1 aliphatic rings. The van der Waals surface area contributed by atoms with Crippen molar-refractivity contribution in [3.8, 4) is 0 Å². The fraction of sp³-hybridized carbons (Fsp3) is 0.600. The summed E-state index contributed by atoms with van der Waals surface area (Å²) in [6.45, 7) is 3.91. The summed E-state index contributed by atoms with van der Waals surface area (Å²) in [7, 11) is 1.37. The number of aromatic nitrogens is 1. The molecule has 1 aromatic rings. The first kappa shape index (κ1) is 17.9. The van der Waals surface area contributed by atoms with E-state index in [1.165, 1.54) is 20.0 Å². The summed E-state index contributed by atoms with van der Waals surface area (Å²) in [6.07, 6.45) is 5.19.